The highest BCUT2D eigenvalue weighted by atomic mass is 16.3. The van der Waals surface area contributed by atoms with Gasteiger partial charge in [0.1, 0.15) is 0 Å². The van der Waals surface area contributed by atoms with Gasteiger partial charge in [-0.15, -0.1) is 0 Å². The predicted molar refractivity (Wildman–Crippen MR) is 90.0 cm³/mol. The molecular formula is C18H27N3O2. The number of piperidine rings is 1. The molecule has 5 nitrogen and oxygen atoms in total. The van der Waals surface area contributed by atoms with Crippen molar-refractivity contribution in [1.82, 2.24) is 15.1 Å². The first-order valence-electron chi connectivity index (χ1n) is 8.72. The van der Waals surface area contributed by atoms with E-state index in [1.165, 1.54) is 11.1 Å². The van der Waals surface area contributed by atoms with Crippen molar-refractivity contribution < 1.29 is 9.90 Å². The molecule has 0 atom stereocenters. The molecule has 2 aliphatic rings. The van der Waals surface area contributed by atoms with Crippen LogP contribution in [0.5, 0.6) is 0 Å². The second-order valence-corrected chi connectivity index (χ2v) is 6.63. The molecule has 2 aliphatic heterocycles. The molecule has 5 heteroatoms. The van der Waals surface area contributed by atoms with Gasteiger partial charge in [0.25, 0.3) is 0 Å². The lowest BCUT2D eigenvalue weighted by molar-refractivity contribution is 0.0791. The molecule has 1 aromatic rings. The van der Waals surface area contributed by atoms with Crippen LogP contribution in [0.4, 0.5) is 4.79 Å². The fraction of sp³-hybridized carbons (Fsp3) is 0.611. The van der Waals surface area contributed by atoms with E-state index in [0.29, 0.717) is 6.54 Å². The van der Waals surface area contributed by atoms with Gasteiger partial charge < -0.3 is 15.3 Å². The Bertz CT molecular complexity index is 521. The number of urea groups is 1. The van der Waals surface area contributed by atoms with Crippen molar-refractivity contribution in [3.05, 3.63) is 35.4 Å². The number of rotatable bonds is 4. The number of likely N-dealkylation sites (tertiary alicyclic amines) is 2. The smallest absolute Gasteiger partial charge is 0.317 e. The van der Waals surface area contributed by atoms with Crippen molar-refractivity contribution in [2.24, 2.45) is 0 Å². The molecule has 0 aliphatic carbocycles. The quantitative estimate of drug-likeness (QED) is 0.892. The highest BCUT2D eigenvalue weighted by Gasteiger charge is 2.19. The molecule has 3 rings (SSSR count). The Hall–Kier alpha value is -1.59. The van der Waals surface area contributed by atoms with Gasteiger partial charge in [0.15, 0.2) is 0 Å². The first kappa shape index (κ1) is 16.3. The van der Waals surface area contributed by atoms with Gasteiger partial charge in [-0.2, -0.15) is 0 Å². The molecule has 0 unspecified atom stereocenters. The number of carbonyl (C=O) groups excluding carboxylic acids is 1. The average molecular weight is 317 g/mol. The third kappa shape index (κ3) is 4.45. The van der Waals surface area contributed by atoms with E-state index in [1.807, 2.05) is 11.0 Å². The number of aliphatic hydroxyl groups excluding tert-OH is 1. The van der Waals surface area contributed by atoms with Gasteiger partial charge >= 0.3 is 6.03 Å². The largest absolute Gasteiger partial charge is 0.393 e. The normalized spacial score (nSPS) is 20.0. The van der Waals surface area contributed by atoms with Crippen LogP contribution >= 0.6 is 0 Å². The summed E-state index contributed by atoms with van der Waals surface area (Å²) < 4.78 is 0. The van der Waals surface area contributed by atoms with Gasteiger partial charge in [0, 0.05) is 39.3 Å². The van der Waals surface area contributed by atoms with Gasteiger partial charge in [-0.05, 0) is 36.8 Å². The van der Waals surface area contributed by atoms with E-state index in [9.17, 15) is 9.90 Å². The van der Waals surface area contributed by atoms with Crippen LogP contribution in [0.2, 0.25) is 0 Å². The third-order valence-electron chi connectivity index (χ3n) is 4.89. The maximum absolute atomic E-state index is 12.1. The Balaban J connectivity index is 1.55. The number of hydrogen-bond acceptors (Lipinski definition) is 3. The summed E-state index contributed by atoms with van der Waals surface area (Å²) in [6.07, 6.45) is 3.80. The van der Waals surface area contributed by atoms with Gasteiger partial charge in [-0.3, -0.25) is 4.90 Å². The minimum atomic E-state index is -0.138. The minimum Gasteiger partial charge on any atom is -0.393 e. The van der Waals surface area contributed by atoms with Crippen molar-refractivity contribution in [3.8, 4) is 0 Å². The molecule has 23 heavy (non-hydrogen) atoms. The molecule has 2 amide bonds. The second-order valence-electron chi connectivity index (χ2n) is 6.63. The summed E-state index contributed by atoms with van der Waals surface area (Å²) in [5, 5.41) is 12.7. The molecule has 0 bridgehead atoms. The zero-order valence-electron chi connectivity index (χ0n) is 13.7. The van der Waals surface area contributed by atoms with Crippen LogP contribution in [0.25, 0.3) is 0 Å². The Morgan fingerprint density at radius 1 is 1.09 bits per heavy atom. The molecular weight excluding hydrogens is 290 g/mol. The van der Waals surface area contributed by atoms with Crippen LogP contribution in [-0.4, -0.2) is 53.2 Å². The summed E-state index contributed by atoms with van der Waals surface area (Å²) >= 11 is 0. The van der Waals surface area contributed by atoms with Gasteiger partial charge in [0.2, 0.25) is 0 Å². The van der Waals surface area contributed by atoms with Crippen molar-refractivity contribution in [1.29, 1.82) is 0 Å². The van der Waals surface area contributed by atoms with Crippen molar-refractivity contribution in [3.63, 3.8) is 0 Å². The standard InChI is InChI=1S/C18H27N3O2/c22-17-7-11-20(12-8-17)14-16-6-2-1-5-15(16)13-19-18(23)21-9-3-4-10-21/h1-2,5-6,17,22H,3-4,7-14H2,(H,19,23). The van der Waals surface area contributed by atoms with E-state index in [4.69, 9.17) is 0 Å². The van der Waals surface area contributed by atoms with Crippen LogP contribution in [0.1, 0.15) is 36.8 Å². The zero-order valence-corrected chi connectivity index (χ0v) is 13.7. The fourth-order valence-electron chi connectivity index (χ4n) is 3.41. The molecule has 2 N–H and O–H groups in total. The maximum Gasteiger partial charge on any atom is 0.317 e. The molecule has 2 saturated heterocycles. The molecule has 0 spiro atoms. The van der Waals surface area contributed by atoms with E-state index in [0.717, 1.165) is 58.4 Å². The molecule has 0 radical (unpaired) electrons. The fourth-order valence-corrected chi connectivity index (χ4v) is 3.41. The summed E-state index contributed by atoms with van der Waals surface area (Å²) in [5.74, 6) is 0. The zero-order chi connectivity index (χ0) is 16.1. The number of carbonyl (C=O) groups is 1. The van der Waals surface area contributed by atoms with Crippen LogP contribution in [0, 0.1) is 0 Å². The molecule has 1 aromatic carbocycles. The molecule has 0 aromatic heterocycles. The molecule has 2 heterocycles. The monoisotopic (exact) mass is 317 g/mol. The first-order chi connectivity index (χ1) is 11.2. The summed E-state index contributed by atoms with van der Waals surface area (Å²) in [6.45, 7) is 5.11. The van der Waals surface area contributed by atoms with Gasteiger partial charge in [-0.1, -0.05) is 24.3 Å². The van der Waals surface area contributed by atoms with E-state index < -0.39 is 0 Å². The lowest BCUT2D eigenvalue weighted by Gasteiger charge is -2.30. The van der Waals surface area contributed by atoms with Gasteiger partial charge in [0.05, 0.1) is 6.10 Å². The van der Waals surface area contributed by atoms with E-state index in [2.05, 4.69) is 28.4 Å². The Kier molecular flexibility index (Phi) is 5.51. The topological polar surface area (TPSA) is 55.8 Å². The number of nitrogens with one attached hydrogen (secondary N) is 1. The SMILES string of the molecule is O=C(NCc1ccccc1CN1CCC(O)CC1)N1CCCC1. The summed E-state index contributed by atoms with van der Waals surface area (Å²) in [7, 11) is 0. The molecule has 2 fully saturated rings. The van der Waals surface area contributed by atoms with E-state index in [1.54, 1.807) is 0 Å². The highest BCUT2D eigenvalue weighted by Crippen LogP contribution is 2.17. The van der Waals surface area contributed by atoms with E-state index >= 15 is 0 Å². The van der Waals surface area contributed by atoms with Crippen LogP contribution in [0.15, 0.2) is 24.3 Å². The van der Waals surface area contributed by atoms with Crippen LogP contribution in [-0.2, 0) is 13.1 Å². The molecule has 126 valence electrons. The lowest BCUT2D eigenvalue weighted by atomic mass is 10.0. The number of aliphatic hydroxyl groups is 1. The third-order valence-corrected chi connectivity index (χ3v) is 4.89. The Labute approximate surface area is 138 Å². The van der Waals surface area contributed by atoms with Gasteiger partial charge in [-0.25, -0.2) is 4.79 Å². The lowest BCUT2D eigenvalue weighted by Crippen LogP contribution is -2.38. The molecule has 0 saturated carbocycles. The second kappa shape index (κ2) is 7.79. The number of benzene rings is 1. The number of amides is 2. The number of nitrogens with zero attached hydrogens (tertiary/aromatic N) is 2. The Morgan fingerprint density at radius 2 is 1.74 bits per heavy atom. The first-order valence-corrected chi connectivity index (χ1v) is 8.72. The van der Waals surface area contributed by atoms with Crippen molar-refractivity contribution >= 4 is 6.03 Å². The summed E-state index contributed by atoms with van der Waals surface area (Å²) in [6, 6.07) is 8.37. The summed E-state index contributed by atoms with van der Waals surface area (Å²) in [4.78, 5) is 16.4. The van der Waals surface area contributed by atoms with Crippen molar-refractivity contribution in [2.45, 2.75) is 44.9 Å². The Morgan fingerprint density at radius 3 is 2.43 bits per heavy atom. The van der Waals surface area contributed by atoms with Crippen LogP contribution in [0.3, 0.4) is 0 Å². The average Bonchev–Trinajstić information content (AvgIpc) is 3.10. The summed E-state index contributed by atoms with van der Waals surface area (Å²) in [5.41, 5.74) is 2.46. The van der Waals surface area contributed by atoms with E-state index in [-0.39, 0.29) is 12.1 Å². The minimum absolute atomic E-state index is 0.0541. The van der Waals surface area contributed by atoms with Crippen molar-refractivity contribution in [2.75, 3.05) is 26.2 Å². The maximum atomic E-state index is 12.1. The highest BCUT2D eigenvalue weighted by molar-refractivity contribution is 5.74. The number of hydrogen-bond donors (Lipinski definition) is 2. The van der Waals surface area contributed by atoms with Crippen LogP contribution < -0.4 is 5.32 Å². The predicted octanol–water partition coefficient (Wildman–Crippen LogP) is 1.95.